The number of aryl methyl sites for hydroxylation is 3. The van der Waals surface area contributed by atoms with Crippen molar-refractivity contribution in [1.82, 2.24) is 9.46 Å². The van der Waals surface area contributed by atoms with Crippen molar-refractivity contribution in [2.45, 2.75) is 38.5 Å². The van der Waals surface area contributed by atoms with Gasteiger partial charge < -0.3 is 9.84 Å². The summed E-state index contributed by atoms with van der Waals surface area (Å²) in [4.78, 5) is 12.9. The van der Waals surface area contributed by atoms with Gasteiger partial charge in [-0.05, 0) is 69.0 Å². The molecule has 2 aromatic carbocycles. The molecule has 36 heavy (non-hydrogen) atoms. The van der Waals surface area contributed by atoms with Crippen molar-refractivity contribution in [3.63, 3.8) is 0 Å². The van der Waals surface area contributed by atoms with Crippen molar-refractivity contribution >= 4 is 33.8 Å². The topological polar surface area (TPSA) is 116 Å². The van der Waals surface area contributed by atoms with Crippen LogP contribution in [-0.4, -0.2) is 36.9 Å². The molecular weight excluding hydrogens is 476 g/mol. The molecule has 0 unspecified atom stereocenters. The Kier molecular flexibility index (Phi) is 7.38. The minimum atomic E-state index is -3.95. The first-order valence-corrected chi connectivity index (χ1v) is 13.2. The van der Waals surface area contributed by atoms with Gasteiger partial charge in [-0.3, -0.25) is 4.79 Å². The van der Waals surface area contributed by atoms with Crippen LogP contribution in [0.15, 0.2) is 51.9 Å². The molecular formula is C27H28N4O4S. The molecule has 3 aromatic rings. The van der Waals surface area contributed by atoms with Crippen LogP contribution in [-0.2, 0) is 14.8 Å². The number of carbonyl (C=O) groups excluding carboxylic acids is 1. The second-order valence-corrected chi connectivity index (χ2v) is 10.9. The average molecular weight is 505 g/mol. The summed E-state index contributed by atoms with van der Waals surface area (Å²) in [6.45, 7) is 5.94. The first-order chi connectivity index (χ1) is 17.2. The summed E-state index contributed by atoms with van der Waals surface area (Å²) in [7, 11) is -3.95. The van der Waals surface area contributed by atoms with Gasteiger partial charge >= 0.3 is 0 Å². The molecule has 1 atom stereocenters. The number of rotatable bonds is 6. The normalized spacial score (nSPS) is 16.7. The van der Waals surface area contributed by atoms with Gasteiger partial charge in [-0.15, -0.1) is 0 Å². The van der Waals surface area contributed by atoms with E-state index < -0.39 is 15.9 Å². The Balaban J connectivity index is 1.55. The number of hydrogen-bond acceptors (Lipinski definition) is 6. The van der Waals surface area contributed by atoms with Crippen LogP contribution in [0.3, 0.4) is 0 Å². The molecule has 1 N–H and O–H groups in total. The summed E-state index contributed by atoms with van der Waals surface area (Å²) in [5.41, 5.74) is 4.33. The van der Waals surface area contributed by atoms with E-state index in [0.717, 1.165) is 16.7 Å². The molecule has 0 bridgehead atoms. The lowest BCUT2D eigenvalue weighted by Gasteiger charge is -2.31. The first kappa shape index (κ1) is 25.4. The number of amides is 1. The van der Waals surface area contributed by atoms with Crippen LogP contribution in [0.25, 0.3) is 12.2 Å². The van der Waals surface area contributed by atoms with Crippen LogP contribution in [0.2, 0.25) is 0 Å². The first-order valence-electron chi connectivity index (χ1n) is 11.7. The van der Waals surface area contributed by atoms with Crippen molar-refractivity contribution in [3.8, 4) is 6.07 Å². The third-order valence-corrected chi connectivity index (χ3v) is 8.32. The monoisotopic (exact) mass is 504 g/mol. The molecule has 1 aliphatic heterocycles. The average Bonchev–Trinajstić information content (AvgIpc) is 3.25. The summed E-state index contributed by atoms with van der Waals surface area (Å²) in [5, 5.41) is 15.8. The smallest absolute Gasteiger partial charge is 0.248 e. The second-order valence-electron chi connectivity index (χ2n) is 9.04. The van der Waals surface area contributed by atoms with E-state index in [2.05, 4.69) is 10.5 Å². The standard InChI is InChI=1S/C27H28N4O4S/c1-18-9-10-19(2)22(14-18)11-12-25-26(20(3)30-35-25)36(33,34)31-13-5-7-23(17-31)27(32)29-24-8-4-6-21(15-24)16-28/h4,6,8-12,14-15,23H,5,7,13,17H2,1-3H3,(H,29,32)/b12-11+/t23-/m1/s1. The third kappa shape index (κ3) is 5.40. The summed E-state index contributed by atoms with van der Waals surface area (Å²) >= 11 is 0. The van der Waals surface area contributed by atoms with Gasteiger partial charge in [0.2, 0.25) is 15.9 Å². The Hall–Kier alpha value is -3.74. The van der Waals surface area contributed by atoms with Crippen LogP contribution in [0.1, 0.15) is 46.5 Å². The van der Waals surface area contributed by atoms with Gasteiger partial charge in [0.1, 0.15) is 5.69 Å². The molecule has 0 saturated carbocycles. The molecule has 1 aromatic heterocycles. The maximum Gasteiger partial charge on any atom is 0.248 e. The zero-order chi connectivity index (χ0) is 25.9. The fourth-order valence-electron chi connectivity index (χ4n) is 4.32. The summed E-state index contributed by atoms with van der Waals surface area (Å²) in [6, 6.07) is 14.7. The molecule has 186 valence electrons. The quantitative estimate of drug-likeness (QED) is 0.521. The fraction of sp³-hybridized carbons (Fsp3) is 0.296. The highest BCUT2D eigenvalue weighted by Crippen LogP contribution is 2.30. The Bertz CT molecular complexity index is 1470. The third-order valence-electron chi connectivity index (χ3n) is 6.29. The maximum absolute atomic E-state index is 13.7. The van der Waals surface area contributed by atoms with Crippen molar-refractivity contribution in [2.24, 2.45) is 5.92 Å². The number of nitrogens with one attached hydrogen (secondary N) is 1. The van der Waals surface area contributed by atoms with Gasteiger partial charge in [0, 0.05) is 18.8 Å². The number of nitriles is 1. The predicted octanol–water partition coefficient (Wildman–Crippen LogP) is 4.68. The van der Waals surface area contributed by atoms with Crippen LogP contribution < -0.4 is 5.32 Å². The van der Waals surface area contributed by atoms with Crippen LogP contribution in [0, 0.1) is 38.0 Å². The number of nitrogens with zero attached hydrogens (tertiary/aromatic N) is 3. The van der Waals surface area contributed by atoms with E-state index in [0.29, 0.717) is 30.6 Å². The molecule has 4 rings (SSSR count). The number of anilines is 1. The van der Waals surface area contributed by atoms with Gasteiger partial charge in [0.05, 0.1) is 17.6 Å². The lowest BCUT2D eigenvalue weighted by atomic mass is 9.98. The predicted molar refractivity (Wildman–Crippen MR) is 137 cm³/mol. The van der Waals surface area contributed by atoms with E-state index in [-0.39, 0.29) is 28.8 Å². The Morgan fingerprint density at radius 2 is 2.00 bits per heavy atom. The minimum Gasteiger partial charge on any atom is -0.355 e. The zero-order valence-corrected chi connectivity index (χ0v) is 21.3. The number of carbonyl (C=O) groups is 1. The lowest BCUT2D eigenvalue weighted by Crippen LogP contribution is -2.43. The van der Waals surface area contributed by atoms with Gasteiger partial charge in [0.15, 0.2) is 10.7 Å². The SMILES string of the molecule is Cc1ccc(C)c(/C=C/c2onc(C)c2S(=O)(=O)N2CCC[C@@H](C(=O)Nc3cccc(C#N)c3)C2)c1. The van der Waals surface area contributed by atoms with E-state index in [1.807, 2.05) is 44.2 Å². The second kappa shape index (κ2) is 10.5. The molecule has 0 spiro atoms. The molecule has 1 fully saturated rings. The Morgan fingerprint density at radius 3 is 2.78 bits per heavy atom. The molecule has 9 heteroatoms. The minimum absolute atomic E-state index is 0.0202. The molecule has 1 amide bonds. The van der Waals surface area contributed by atoms with E-state index in [1.165, 1.54) is 4.31 Å². The molecule has 1 saturated heterocycles. The zero-order valence-electron chi connectivity index (χ0n) is 20.5. The number of hydrogen-bond donors (Lipinski definition) is 1. The largest absolute Gasteiger partial charge is 0.355 e. The number of sulfonamides is 1. The highest BCUT2D eigenvalue weighted by Gasteiger charge is 2.37. The summed E-state index contributed by atoms with van der Waals surface area (Å²) in [5.74, 6) is -0.635. The van der Waals surface area contributed by atoms with Gasteiger partial charge in [-0.2, -0.15) is 9.57 Å². The molecule has 0 radical (unpaired) electrons. The van der Waals surface area contributed by atoms with Crippen LogP contribution in [0.4, 0.5) is 5.69 Å². The van der Waals surface area contributed by atoms with Crippen molar-refractivity contribution in [1.29, 1.82) is 5.26 Å². The summed E-state index contributed by atoms with van der Waals surface area (Å²) < 4.78 is 34.0. The number of aromatic nitrogens is 1. The van der Waals surface area contributed by atoms with Crippen LogP contribution >= 0.6 is 0 Å². The molecule has 0 aliphatic carbocycles. The van der Waals surface area contributed by atoms with Crippen molar-refractivity contribution < 1.29 is 17.7 Å². The highest BCUT2D eigenvalue weighted by molar-refractivity contribution is 7.89. The number of piperidine rings is 1. The van der Waals surface area contributed by atoms with E-state index in [9.17, 15) is 13.2 Å². The van der Waals surface area contributed by atoms with E-state index >= 15 is 0 Å². The van der Waals surface area contributed by atoms with Crippen LogP contribution in [0.5, 0.6) is 0 Å². The van der Waals surface area contributed by atoms with Crippen molar-refractivity contribution in [2.75, 3.05) is 18.4 Å². The lowest BCUT2D eigenvalue weighted by molar-refractivity contribution is -0.120. The molecule has 2 heterocycles. The fourth-order valence-corrected chi connectivity index (χ4v) is 6.09. The van der Waals surface area contributed by atoms with Gasteiger partial charge in [-0.25, -0.2) is 8.42 Å². The van der Waals surface area contributed by atoms with Gasteiger partial charge in [0.25, 0.3) is 0 Å². The van der Waals surface area contributed by atoms with Crippen molar-refractivity contribution in [3.05, 3.63) is 76.2 Å². The maximum atomic E-state index is 13.7. The number of benzene rings is 2. The Labute approximate surface area is 211 Å². The Morgan fingerprint density at radius 1 is 1.19 bits per heavy atom. The highest BCUT2D eigenvalue weighted by atomic mass is 32.2. The summed E-state index contributed by atoms with van der Waals surface area (Å²) in [6.07, 6.45) is 4.57. The molecule has 1 aliphatic rings. The van der Waals surface area contributed by atoms with E-state index in [1.54, 1.807) is 37.3 Å². The van der Waals surface area contributed by atoms with Gasteiger partial charge in [-0.1, -0.05) is 41.1 Å². The van der Waals surface area contributed by atoms with E-state index in [4.69, 9.17) is 9.78 Å². The molecule has 8 nitrogen and oxygen atoms in total.